The average Bonchev–Trinajstić information content (AvgIpc) is 3.05. The van der Waals surface area contributed by atoms with Gasteiger partial charge < -0.3 is 9.88 Å². The van der Waals surface area contributed by atoms with E-state index in [9.17, 15) is 13.2 Å². The molecule has 1 aliphatic rings. The van der Waals surface area contributed by atoms with Crippen molar-refractivity contribution in [2.24, 2.45) is 0 Å². The highest BCUT2D eigenvalue weighted by Crippen LogP contribution is 2.20. The zero-order valence-corrected chi connectivity index (χ0v) is 11.9. The molecule has 0 saturated carbocycles. The van der Waals surface area contributed by atoms with E-state index in [4.69, 9.17) is 0 Å². The minimum atomic E-state index is -3.09. The molecule has 1 unspecified atom stereocenters. The number of carbonyl (C=O) groups is 1. The molecule has 0 radical (unpaired) electrons. The first kappa shape index (κ1) is 13.1. The van der Waals surface area contributed by atoms with Gasteiger partial charge >= 0.3 is 0 Å². The Kier molecular flexibility index (Phi) is 3.01. The second-order valence-corrected chi connectivity index (χ2v) is 7.45. The van der Waals surface area contributed by atoms with Crippen molar-refractivity contribution in [3.05, 3.63) is 30.1 Å². The molecule has 6 nitrogen and oxygen atoms in total. The van der Waals surface area contributed by atoms with Crippen molar-refractivity contribution in [2.75, 3.05) is 19.3 Å². The van der Waals surface area contributed by atoms with E-state index >= 15 is 0 Å². The highest BCUT2D eigenvalue weighted by molar-refractivity contribution is 7.91. The maximum atomic E-state index is 12.4. The predicted molar refractivity (Wildman–Crippen MR) is 75.2 cm³/mol. The molecule has 20 heavy (non-hydrogen) atoms. The van der Waals surface area contributed by atoms with Crippen molar-refractivity contribution in [1.82, 2.24) is 14.9 Å². The number of hydrogen-bond donors (Lipinski definition) is 1. The van der Waals surface area contributed by atoms with E-state index in [1.807, 2.05) is 0 Å². The minimum absolute atomic E-state index is 0.132. The first-order valence-electron chi connectivity index (χ1n) is 6.36. The molecule has 1 amide bonds. The zero-order valence-electron chi connectivity index (χ0n) is 11.0. The van der Waals surface area contributed by atoms with Gasteiger partial charge in [0.15, 0.2) is 9.84 Å². The Labute approximate surface area is 116 Å². The van der Waals surface area contributed by atoms with Crippen LogP contribution in [0.2, 0.25) is 0 Å². The largest absolute Gasteiger partial charge is 0.345 e. The fourth-order valence-corrected chi connectivity index (χ4v) is 3.50. The van der Waals surface area contributed by atoms with Crippen LogP contribution in [0.15, 0.2) is 24.5 Å². The van der Waals surface area contributed by atoms with Crippen LogP contribution in [0.5, 0.6) is 0 Å². The lowest BCUT2D eigenvalue weighted by atomic mass is 10.2. The number of carbonyl (C=O) groups excluding carboxylic acids is 1. The van der Waals surface area contributed by atoms with Gasteiger partial charge in [0.2, 0.25) is 0 Å². The number of sulfone groups is 1. The summed E-state index contributed by atoms with van der Waals surface area (Å²) < 4.78 is 23.1. The number of aromatic amines is 1. The van der Waals surface area contributed by atoms with Crippen LogP contribution in [0.4, 0.5) is 0 Å². The van der Waals surface area contributed by atoms with Gasteiger partial charge in [-0.2, -0.15) is 0 Å². The molecule has 0 bridgehead atoms. The predicted octanol–water partition coefficient (Wildman–Crippen LogP) is 0.822. The Bertz CT molecular complexity index is 766. The molecular formula is C13H15N3O3S. The molecule has 7 heteroatoms. The summed E-state index contributed by atoms with van der Waals surface area (Å²) in [5, 5.41) is -0.442. The van der Waals surface area contributed by atoms with Gasteiger partial charge in [-0.15, -0.1) is 0 Å². The normalized spacial score (nSPS) is 19.6. The van der Waals surface area contributed by atoms with E-state index in [2.05, 4.69) is 9.97 Å². The summed E-state index contributed by atoms with van der Waals surface area (Å²) in [6.07, 6.45) is 3.31. The number of amides is 1. The fraction of sp³-hybridized carbons (Fsp3) is 0.385. The van der Waals surface area contributed by atoms with Gasteiger partial charge in [0, 0.05) is 24.9 Å². The molecule has 1 N–H and O–H groups in total. The third-order valence-corrected chi connectivity index (χ3v) is 5.30. The minimum Gasteiger partial charge on any atom is -0.345 e. The fourth-order valence-electron chi connectivity index (χ4n) is 2.51. The molecule has 106 valence electrons. The van der Waals surface area contributed by atoms with Crippen molar-refractivity contribution >= 4 is 26.8 Å². The first-order valence-corrected chi connectivity index (χ1v) is 8.32. The lowest BCUT2D eigenvalue weighted by Gasteiger charge is -2.16. The standard InChI is InChI=1S/C13H15N3O3S/c1-20(18,19)10-4-5-16(7-10)13(17)9-2-3-11-12(6-9)15-8-14-11/h2-3,6,8,10H,4-5,7H2,1H3,(H,14,15). The number of likely N-dealkylation sites (tertiary alicyclic amines) is 1. The first-order chi connectivity index (χ1) is 9.45. The summed E-state index contributed by atoms with van der Waals surface area (Å²) in [5.74, 6) is -0.132. The van der Waals surface area contributed by atoms with E-state index < -0.39 is 15.1 Å². The van der Waals surface area contributed by atoms with Gasteiger partial charge in [0.1, 0.15) is 0 Å². The highest BCUT2D eigenvalue weighted by atomic mass is 32.2. The number of aromatic nitrogens is 2. The lowest BCUT2D eigenvalue weighted by molar-refractivity contribution is 0.0793. The van der Waals surface area contributed by atoms with Crippen LogP contribution >= 0.6 is 0 Å². The van der Waals surface area contributed by atoms with Crippen LogP contribution in [-0.4, -0.2) is 53.8 Å². The van der Waals surface area contributed by atoms with Gasteiger partial charge in [-0.25, -0.2) is 13.4 Å². The molecule has 1 atom stereocenters. The Balaban J connectivity index is 1.82. The molecule has 3 rings (SSSR count). The maximum Gasteiger partial charge on any atom is 0.253 e. The Morgan fingerprint density at radius 1 is 1.45 bits per heavy atom. The van der Waals surface area contributed by atoms with Gasteiger partial charge in [-0.1, -0.05) is 0 Å². The van der Waals surface area contributed by atoms with Crippen LogP contribution < -0.4 is 0 Å². The van der Waals surface area contributed by atoms with Crippen molar-refractivity contribution < 1.29 is 13.2 Å². The summed E-state index contributed by atoms with van der Waals surface area (Å²) in [5.41, 5.74) is 2.16. The van der Waals surface area contributed by atoms with Gasteiger partial charge in [-0.3, -0.25) is 4.79 Å². The number of rotatable bonds is 2. The van der Waals surface area contributed by atoms with Gasteiger partial charge in [0.25, 0.3) is 5.91 Å². The monoisotopic (exact) mass is 293 g/mol. The third-order valence-electron chi connectivity index (χ3n) is 3.70. The van der Waals surface area contributed by atoms with Crippen LogP contribution in [0.25, 0.3) is 11.0 Å². The van der Waals surface area contributed by atoms with E-state index in [1.165, 1.54) is 6.26 Å². The quantitative estimate of drug-likeness (QED) is 0.888. The number of fused-ring (bicyclic) bond motifs is 1. The Morgan fingerprint density at radius 2 is 2.25 bits per heavy atom. The van der Waals surface area contributed by atoms with Crippen molar-refractivity contribution in [2.45, 2.75) is 11.7 Å². The summed E-state index contributed by atoms with van der Waals surface area (Å²) >= 11 is 0. The molecule has 2 heterocycles. The van der Waals surface area contributed by atoms with E-state index in [0.29, 0.717) is 18.5 Å². The SMILES string of the molecule is CS(=O)(=O)C1CCN(C(=O)c2ccc3nc[nH]c3c2)C1. The molecular weight excluding hydrogens is 278 g/mol. The van der Waals surface area contributed by atoms with E-state index in [0.717, 1.165) is 11.0 Å². The molecule has 1 fully saturated rings. The maximum absolute atomic E-state index is 12.4. The molecule has 0 aliphatic carbocycles. The van der Waals surface area contributed by atoms with Crippen LogP contribution in [0, 0.1) is 0 Å². The molecule has 1 aromatic heterocycles. The Morgan fingerprint density at radius 3 is 2.95 bits per heavy atom. The smallest absolute Gasteiger partial charge is 0.253 e. The second-order valence-electron chi connectivity index (χ2n) is 5.13. The Hall–Kier alpha value is -1.89. The number of nitrogens with one attached hydrogen (secondary N) is 1. The topological polar surface area (TPSA) is 83.1 Å². The van der Waals surface area contributed by atoms with Crippen molar-refractivity contribution in [3.63, 3.8) is 0 Å². The summed E-state index contributed by atoms with van der Waals surface area (Å²) in [4.78, 5) is 21.0. The summed E-state index contributed by atoms with van der Waals surface area (Å²) in [7, 11) is -3.09. The third kappa shape index (κ3) is 2.29. The average molecular weight is 293 g/mol. The summed E-state index contributed by atoms with van der Waals surface area (Å²) in [6.45, 7) is 0.760. The van der Waals surface area contributed by atoms with Gasteiger partial charge in [-0.05, 0) is 24.6 Å². The van der Waals surface area contributed by atoms with Crippen molar-refractivity contribution in [3.8, 4) is 0 Å². The number of hydrogen-bond acceptors (Lipinski definition) is 4. The molecule has 1 aromatic carbocycles. The van der Waals surface area contributed by atoms with E-state index in [1.54, 1.807) is 29.4 Å². The number of nitrogens with zero attached hydrogens (tertiary/aromatic N) is 2. The second kappa shape index (κ2) is 4.59. The molecule has 1 aliphatic heterocycles. The highest BCUT2D eigenvalue weighted by Gasteiger charge is 2.32. The van der Waals surface area contributed by atoms with Gasteiger partial charge in [0.05, 0.1) is 22.6 Å². The number of imidazole rings is 1. The summed E-state index contributed by atoms with van der Waals surface area (Å²) in [6, 6.07) is 5.25. The van der Waals surface area contributed by atoms with Crippen LogP contribution in [0.1, 0.15) is 16.8 Å². The van der Waals surface area contributed by atoms with Crippen LogP contribution in [0.3, 0.4) is 0 Å². The number of benzene rings is 1. The van der Waals surface area contributed by atoms with Crippen LogP contribution in [-0.2, 0) is 9.84 Å². The molecule has 2 aromatic rings. The van der Waals surface area contributed by atoms with Crippen molar-refractivity contribution in [1.29, 1.82) is 0 Å². The van der Waals surface area contributed by atoms with E-state index in [-0.39, 0.29) is 12.5 Å². The molecule has 1 saturated heterocycles. The molecule has 0 spiro atoms. The number of H-pyrrole nitrogens is 1. The zero-order chi connectivity index (χ0) is 14.3. The lowest BCUT2D eigenvalue weighted by Crippen LogP contribution is -2.31.